The summed E-state index contributed by atoms with van der Waals surface area (Å²) >= 11 is 0. The molecule has 0 fully saturated rings. The Morgan fingerprint density at radius 1 is 1.25 bits per heavy atom. The Labute approximate surface area is 118 Å². The van der Waals surface area contributed by atoms with E-state index in [2.05, 4.69) is 46.1 Å². The number of hydrogen-bond acceptors (Lipinski definition) is 4. The average Bonchev–Trinajstić information content (AvgIpc) is 2.53. The molecule has 1 aromatic carbocycles. The van der Waals surface area contributed by atoms with Crippen molar-refractivity contribution >= 4 is 5.82 Å². The second kappa shape index (κ2) is 5.30. The summed E-state index contributed by atoms with van der Waals surface area (Å²) in [5.74, 6) is 0.852. The van der Waals surface area contributed by atoms with Crippen molar-refractivity contribution in [3.8, 4) is 6.07 Å². The molecule has 0 unspecified atom stereocenters. The summed E-state index contributed by atoms with van der Waals surface area (Å²) in [4.78, 5) is 10.8. The zero-order valence-corrected chi connectivity index (χ0v) is 11.5. The Morgan fingerprint density at radius 2 is 2.05 bits per heavy atom. The van der Waals surface area contributed by atoms with Crippen molar-refractivity contribution in [2.24, 2.45) is 0 Å². The molecule has 1 atom stereocenters. The molecule has 0 aliphatic carbocycles. The number of aromatic nitrogens is 2. The molecule has 0 amide bonds. The van der Waals surface area contributed by atoms with E-state index in [4.69, 9.17) is 5.26 Å². The van der Waals surface area contributed by atoms with Crippen LogP contribution in [0.25, 0.3) is 0 Å². The van der Waals surface area contributed by atoms with Crippen LogP contribution in [0.2, 0.25) is 0 Å². The highest BCUT2D eigenvalue weighted by molar-refractivity contribution is 5.45. The zero-order chi connectivity index (χ0) is 13.9. The van der Waals surface area contributed by atoms with Crippen molar-refractivity contribution in [1.29, 1.82) is 5.26 Å². The van der Waals surface area contributed by atoms with Crippen molar-refractivity contribution in [1.82, 2.24) is 9.97 Å². The predicted octanol–water partition coefficient (Wildman–Crippen LogP) is 2.69. The molecule has 100 valence electrons. The van der Waals surface area contributed by atoms with E-state index in [0.29, 0.717) is 11.7 Å². The molecule has 1 aliphatic heterocycles. The highest BCUT2D eigenvalue weighted by Gasteiger charge is 2.25. The van der Waals surface area contributed by atoms with Gasteiger partial charge in [0.2, 0.25) is 0 Å². The van der Waals surface area contributed by atoms with Crippen LogP contribution in [-0.4, -0.2) is 16.0 Å². The lowest BCUT2D eigenvalue weighted by Crippen LogP contribution is -2.40. The first kappa shape index (κ1) is 12.6. The van der Waals surface area contributed by atoms with E-state index in [1.165, 1.54) is 11.1 Å². The Bertz CT molecular complexity index is 642. The van der Waals surface area contributed by atoms with Gasteiger partial charge in [0.1, 0.15) is 11.9 Å². The lowest BCUT2D eigenvalue weighted by Gasteiger charge is -2.37. The van der Waals surface area contributed by atoms with E-state index in [0.717, 1.165) is 25.2 Å². The normalized spacial score (nSPS) is 17.4. The van der Waals surface area contributed by atoms with Crippen LogP contribution >= 0.6 is 0 Å². The summed E-state index contributed by atoms with van der Waals surface area (Å²) in [5, 5.41) is 8.80. The maximum absolute atomic E-state index is 8.80. The SMILES string of the molecule is CC[C@H]1Cc2ccccc2CN1c1cnc(C#N)cn1. The third-order valence-electron chi connectivity index (χ3n) is 3.87. The van der Waals surface area contributed by atoms with Gasteiger partial charge in [0, 0.05) is 12.6 Å². The monoisotopic (exact) mass is 264 g/mol. The van der Waals surface area contributed by atoms with Gasteiger partial charge in [-0.3, -0.25) is 0 Å². The summed E-state index contributed by atoms with van der Waals surface area (Å²) in [7, 11) is 0. The minimum absolute atomic E-state index is 0.360. The van der Waals surface area contributed by atoms with Gasteiger partial charge in [-0.15, -0.1) is 0 Å². The van der Waals surface area contributed by atoms with E-state index >= 15 is 0 Å². The van der Waals surface area contributed by atoms with E-state index in [1.807, 2.05) is 6.07 Å². The molecule has 4 nitrogen and oxygen atoms in total. The standard InChI is InChI=1S/C16H16N4/c1-2-15-7-12-5-3-4-6-13(12)11-20(15)16-10-18-14(8-17)9-19-16/h3-6,9-10,15H,2,7,11H2,1H3/t15-/m0/s1. The van der Waals surface area contributed by atoms with Crippen LogP contribution in [-0.2, 0) is 13.0 Å². The molecule has 2 heterocycles. The number of nitrogens with zero attached hydrogens (tertiary/aromatic N) is 4. The van der Waals surface area contributed by atoms with Crippen molar-refractivity contribution < 1.29 is 0 Å². The molecule has 0 bridgehead atoms. The molecular weight excluding hydrogens is 248 g/mol. The van der Waals surface area contributed by atoms with E-state index in [1.54, 1.807) is 12.4 Å². The number of fused-ring (bicyclic) bond motifs is 1. The van der Waals surface area contributed by atoms with Crippen LogP contribution in [0.4, 0.5) is 5.82 Å². The third kappa shape index (κ3) is 2.23. The quantitative estimate of drug-likeness (QED) is 0.836. The first-order valence-electron chi connectivity index (χ1n) is 6.87. The molecule has 3 rings (SSSR count). The van der Waals surface area contributed by atoms with Gasteiger partial charge in [-0.1, -0.05) is 31.2 Å². The smallest absolute Gasteiger partial charge is 0.158 e. The summed E-state index contributed by atoms with van der Waals surface area (Å²) in [5.41, 5.74) is 3.14. The Kier molecular flexibility index (Phi) is 3.34. The molecule has 0 radical (unpaired) electrons. The first-order valence-corrected chi connectivity index (χ1v) is 6.87. The molecule has 0 saturated carbocycles. The fraction of sp³-hybridized carbons (Fsp3) is 0.312. The summed E-state index contributed by atoms with van der Waals surface area (Å²) < 4.78 is 0. The van der Waals surface area contributed by atoms with Gasteiger partial charge >= 0.3 is 0 Å². The lowest BCUT2D eigenvalue weighted by molar-refractivity contribution is 0.533. The first-order chi connectivity index (χ1) is 9.81. The number of anilines is 1. The Hall–Kier alpha value is -2.41. The van der Waals surface area contributed by atoms with Crippen LogP contribution in [0.3, 0.4) is 0 Å². The van der Waals surface area contributed by atoms with Crippen molar-refractivity contribution in [2.45, 2.75) is 32.4 Å². The third-order valence-corrected chi connectivity index (χ3v) is 3.87. The number of nitriles is 1. The second-order valence-corrected chi connectivity index (χ2v) is 5.03. The van der Waals surface area contributed by atoms with Crippen LogP contribution in [0.5, 0.6) is 0 Å². The molecule has 2 aromatic rings. The largest absolute Gasteiger partial charge is 0.348 e. The van der Waals surface area contributed by atoms with Crippen LogP contribution in [0.1, 0.15) is 30.2 Å². The molecule has 20 heavy (non-hydrogen) atoms. The topological polar surface area (TPSA) is 52.8 Å². The van der Waals surface area contributed by atoms with Crippen LogP contribution in [0.15, 0.2) is 36.7 Å². The van der Waals surface area contributed by atoms with E-state index in [-0.39, 0.29) is 0 Å². The zero-order valence-electron chi connectivity index (χ0n) is 11.5. The molecule has 0 spiro atoms. The second-order valence-electron chi connectivity index (χ2n) is 5.03. The number of benzene rings is 1. The van der Waals surface area contributed by atoms with Gasteiger partial charge in [-0.25, -0.2) is 9.97 Å². The van der Waals surface area contributed by atoms with Crippen molar-refractivity contribution in [3.05, 3.63) is 53.5 Å². The van der Waals surface area contributed by atoms with Crippen LogP contribution < -0.4 is 4.90 Å². The van der Waals surface area contributed by atoms with Crippen LogP contribution in [0, 0.1) is 11.3 Å². The molecular formula is C16H16N4. The highest BCUT2D eigenvalue weighted by Crippen LogP contribution is 2.28. The summed E-state index contributed by atoms with van der Waals surface area (Å²) in [6.45, 7) is 3.05. The maximum atomic E-state index is 8.80. The molecule has 1 aromatic heterocycles. The van der Waals surface area contributed by atoms with Gasteiger partial charge in [-0.2, -0.15) is 5.26 Å². The fourth-order valence-electron chi connectivity index (χ4n) is 2.75. The van der Waals surface area contributed by atoms with Gasteiger partial charge in [0.15, 0.2) is 5.69 Å². The number of rotatable bonds is 2. The maximum Gasteiger partial charge on any atom is 0.158 e. The van der Waals surface area contributed by atoms with Gasteiger partial charge in [-0.05, 0) is 24.0 Å². The lowest BCUT2D eigenvalue weighted by atomic mass is 9.93. The summed E-state index contributed by atoms with van der Waals surface area (Å²) in [6, 6.07) is 11.0. The van der Waals surface area contributed by atoms with Crippen molar-refractivity contribution in [3.63, 3.8) is 0 Å². The Morgan fingerprint density at radius 3 is 2.70 bits per heavy atom. The van der Waals surface area contributed by atoms with E-state index < -0.39 is 0 Å². The molecule has 0 N–H and O–H groups in total. The van der Waals surface area contributed by atoms with Gasteiger partial charge < -0.3 is 4.90 Å². The minimum atomic E-state index is 0.360. The van der Waals surface area contributed by atoms with Gasteiger partial charge in [0.05, 0.1) is 12.4 Å². The average molecular weight is 264 g/mol. The highest BCUT2D eigenvalue weighted by atomic mass is 15.2. The molecule has 1 aliphatic rings. The Balaban J connectivity index is 1.94. The van der Waals surface area contributed by atoms with Gasteiger partial charge in [0.25, 0.3) is 0 Å². The predicted molar refractivity (Wildman–Crippen MR) is 77.2 cm³/mol. The summed E-state index contributed by atoms with van der Waals surface area (Å²) in [6.07, 6.45) is 5.35. The molecule has 4 heteroatoms. The minimum Gasteiger partial charge on any atom is -0.348 e. The number of hydrogen-bond donors (Lipinski definition) is 0. The molecule has 0 saturated heterocycles. The van der Waals surface area contributed by atoms with Crippen molar-refractivity contribution in [2.75, 3.05) is 4.90 Å². The van der Waals surface area contributed by atoms with E-state index in [9.17, 15) is 0 Å². The fourth-order valence-corrected chi connectivity index (χ4v) is 2.75.